The van der Waals surface area contributed by atoms with Crippen molar-refractivity contribution in [3.05, 3.63) is 52.0 Å². The highest BCUT2D eigenvalue weighted by molar-refractivity contribution is 6.31. The molecule has 0 unspecified atom stereocenters. The van der Waals surface area contributed by atoms with Crippen LogP contribution in [0.25, 0.3) is 0 Å². The quantitative estimate of drug-likeness (QED) is 0.581. The van der Waals surface area contributed by atoms with Crippen LogP contribution in [0.15, 0.2) is 30.3 Å². The number of benzene rings is 2. The zero-order chi connectivity index (χ0) is 17.0. The third-order valence-corrected chi connectivity index (χ3v) is 3.76. The fourth-order valence-corrected chi connectivity index (χ4v) is 2.27. The molecule has 0 saturated heterocycles. The molecule has 0 atom stereocenters. The van der Waals surface area contributed by atoms with Crippen molar-refractivity contribution in [1.82, 2.24) is 5.32 Å². The Morgan fingerprint density at radius 1 is 1.17 bits per heavy atom. The molecule has 2 aromatic rings. The van der Waals surface area contributed by atoms with Gasteiger partial charge in [-0.15, -0.1) is 0 Å². The average Bonchev–Trinajstić information content (AvgIpc) is 2.50. The number of phenolic OH excluding ortho intramolecular Hbond substituents is 1. The van der Waals surface area contributed by atoms with Crippen LogP contribution in [0.3, 0.4) is 0 Å². The zero-order valence-electron chi connectivity index (χ0n) is 13.2. The van der Waals surface area contributed by atoms with E-state index in [1.54, 1.807) is 0 Å². The third kappa shape index (κ3) is 4.29. The number of hydrogen-bond donors (Lipinski definition) is 3. The van der Waals surface area contributed by atoms with Gasteiger partial charge in [-0.1, -0.05) is 23.7 Å². The molecule has 0 aliphatic heterocycles. The minimum Gasteiger partial charge on any atom is -0.506 e. The van der Waals surface area contributed by atoms with E-state index in [2.05, 4.69) is 10.6 Å². The second-order valence-corrected chi connectivity index (χ2v) is 5.67. The normalized spacial score (nSPS) is 10.3. The molecule has 0 bridgehead atoms. The third-order valence-electron chi connectivity index (χ3n) is 3.53. The lowest BCUT2D eigenvalue weighted by molar-refractivity contribution is 0.234. The maximum Gasteiger partial charge on any atom is 0.321 e. The monoisotopic (exact) mass is 334 g/mol. The summed E-state index contributed by atoms with van der Waals surface area (Å²) in [6.07, 6.45) is 0. The van der Waals surface area contributed by atoms with Gasteiger partial charge >= 0.3 is 6.03 Å². The van der Waals surface area contributed by atoms with Crippen LogP contribution >= 0.6 is 11.6 Å². The standard InChI is InChI=1S/C17H19ClN2O3/c1-10-4-5-11(2)16(12(10)3)23-9-19-17(22)20-14-8-13(18)6-7-15(14)21/h4-8,21H,9H2,1-3H3,(H2,19,20,22). The Morgan fingerprint density at radius 2 is 1.87 bits per heavy atom. The summed E-state index contributed by atoms with van der Waals surface area (Å²) < 4.78 is 5.65. The molecule has 0 aromatic heterocycles. The summed E-state index contributed by atoms with van der Waals surface area (Å²) in [4.78, 5) is 11.8. The van der Waals surface area contributed by atoms with E-state index in [-0.39, 0.29) is 18.2 Å². The molecular weight excluding hydrogens is 316 g/mol. The molecule has 0 saturated carbocycles. The van der Waals surface area contributed by atoms with Gasteiger partial charge in [-0.2, -0.15) is 0 Å². The molecule has 122 valence electrons. The van der Waals surface area contributed by atoms with Crippen molar-refractivity contribution in [2.75, 3.05) is 12.0 Å². The first-order chi connectivity index (χ1) is 10.9. The number of ether oxygens (including phenoxy) is 1. The molecule has 0 aliphatic carbocycles. The van der Waals surface area contributed by atoms with Gasteiger partial charge in [0.25, 0.3) is 0 Å². The number of amides is 2. The predicted octanol–water partition coefficient (Wildman–Crippen LogP) is 4.13. The number of urea groups is 1. The number of hydrogen-bond acceptors (Lipinski definition) is 3. The zero-order valence-corrected chi connectivity index (χ0v) is 14.0. The molecule has 5 nitrogen and oxygen atoms in total. The van der Waals surface area contributed by atoms with Crippen molar-refractivity contribution in [3.63, 3.8) is 0 Å². The van der Waals surface area contributed by atoms with Crippen LogP contribution in [0.4, 0.5) is 10.5 Å². The summed E-state index contributed by atoms with van der Waals surface area (Å²) in [6.45, 7) is 5.94. The highest BCUT2D eigenvalue weighted by Crippen LogP contribution is 2.27. The molecular formula is C17H19ClN2O3. The Labute approximate surface area is 140 Å². The van der Waals surface area contributed by atoms with E-state index in [9.17, 15) is 9.90 Å². The van der Waals surface area contributed by atoms with E-state index < -0.39 is 6.03 Å². The van der Waals surface area contributed by atoms with Crippen LogP contribution in [0, 0.1) is 20.8 Å². The van der Waals surface area contributed by atoms with Gasteiger partial charge in [0, 0.05) is 5.02 Å². The Balaban J connectivity index is 1.93. The second-order valence-electron chi connectivity index (χ2n) is 5.23. The van der Waals surface area contributed by atoms with E-state index in [1.807, 2.05) is 32.9 Å². The van der Waals surface area contributed by atoms with Crippen LogP contribution in [-0.2, 0) is 0 Å². The van der Waals surface area contributed by atoms with Gasteiger partial charge in [0.2, 0.25) is 0 Å². The highest BCUT2D eigenvalue weighted by atomic mass is 35.5. The Hall–Kier alpha value is -2.40. The van der Waals surface area contributed by atoms with E-state index in [0.29, 0.717) is 5.02 Å². The minimum absolute atomic E-state index is 0.0122. The van der Waals surface area contributed by atoms with Crippen LogP contribution in [0.1, 0.15) is 16.7 Å². The summed E-state index contributed by atoms with van der Waals surface area (Å²) in [5.74, 6) is 0.701. The van der Waals surface area contributed by atoms with Gasteiger partial charge in [-0.3, -0.25) is 0 Å². The second kappa shape index (κ2) is 7.24. The molecule has 2 amide bonds. The van der Waals surface area contributed by atoms with Crippen molar-refractivity contribution in [2.24, 2.45) is 0 Å². The van der Waals surface area contributed by atoms with Gasteiger partial charge in [0.05, 0.1) is 5.69 Å². The first-order valence-electron chi connectivity index (χ1n) is 7.11. The molecule has 2 aromatic carbocycles. The minimum atomic E-state index is -0.495. The topological polar surface area (TPSA) is 70.6 Å². The highest BCUT2D eigenvalue weighted by Gasteiger charge is 2.09. The van der Waals surface area contributed by atoms with E-state index in [4.69, 9.17) is 16.3 Å². The lowest BCUT2D eigenvalue weighted by atomic mass is 10.1. The van der Waals surface area contributed by atoms with Crippen LogP contribution in [-0.4, -0.2) is 17.9 Å². The van der Waals surface area contributed by atoms with Gasteiger partial charge in [-0.05, 0) is 55.7 Å². The van der Waals surface area contributed by atoms with Gasteiger partial charge in [0.1, 0.15) is 11.5 Å². The number of nitrogens with one attached hydrogen (secondary N) is 2. The largest absolute Gasteiger partial charge is 0.506 e. The van der Waals surface area contributed by atoms with Crippen LogP contribution in [0.2, 0.25) is 5.02 Å². The van der Waals surface area contributed by atoms with Crippen molar-refractivity contribution in [2.45, 2.75) is 20.8 Å². The predicted molar refractivity (Wildman–Crippen MR) is 91.4 cm³/mol. The fraction of sp³-hybridized carbons (Fsp3) is 0.235. The lowest BCUT2D eigenvalue weighted by Crippen LogP contribution is -2.32. The SMILES string of the molecule is Cc1ccc(C)c(OCNC(=O)Nc2cc(Cl)ccc2O)c1C. The number of phenols is 1. The van der Waals surface area contributed by atoms with E-state index in [0.717, 1.165) is 22.4 Å². The van der Waals surface area contributed by atoms with Crippen LogP contribution in [0.5, 0.6) is 11.5 Å². The molecule has 0 fully saturated rings. The van der Waals surface area contributed by atoms with Gasteiger partial charge in [-0.25, -0.2) is 4.79 Å². The Morgan fingerprint density at radius 3 is 2.61 bits per heavy atom. The number of rotatable bonds is 4. The fourth-order valence-electron chi connectivity index (χ4n) is 2.10. The van der Waals surface area contributed by atoms with Crippen LogP contribution < -0.4 is 15.4 Å². The maximum absolute atomic E-state index is 11.8. The smallest absolute Gasteiger partial charge is 0.321 e. The summed E-state index contributed by atoms with van der Waals surface area (Å²) in [5.41, 5.74) is 3.40. The van der Waals surface area contributed by atoms with Gasteiger partial charge < -0.3 is 20.5 Å². The molecule has 0 aliphatic rings. The molecule has 3 N–H and O–H groups in total. The average molecular weight is 335 g/mol. The van der Waals surface area contributed by atoms with Gasteiger partial charge in [0.15, 0.2) is 6.73 Å². The number of anilines is 1. The first kappa shape index (κ1) is 17.0. The summed E-state index contributed by atoms with van der Waals surface area (Å²) in [6, 6.07) is 7.92. The Kier molecular flexibility index (Phi) is 5.34. The molecule has 0 heterocycles. The molecule has 0 spiro atoms. The maximum atomic E-state index is 11.8. The molecule has 0 radical (unpaired) electrons. The number of aryl methyl sites for hydroxylation is 2. The number of halogens is 1. The van der Waals surface area contributed by atoms with Crippen molar-refractivity contribution in [1.29, 1.82) is 0 Å². The van der Waals surface area contributed by atoms with Crippen molar-refractivity contribution < 1.29 is 14.6 Å². The number of carbonyl (C=O) groups is 1. The number of aromatic hydroxyl groups is 1. The van der Waals surface area contributed by atoms with Crippen molar-refractivity contribution in [3.8, 4) is 11.5 Å². The van der Waals surface area contributed by atoms with Crippen molar-refractivity contribution >= 4 is 23.3 Å². The Bertz CT molecular complexity index is 732. The summed E-state index contributed by atoms with van der Waals surface area (Å²) in [5, 5.41) is 15.2. The van der Waals surface area contributed by atoms with E-state index >= 15 is 0 Å². The summed E-state index contributed by atoms with van der Waals surface area (Å²) in [7, 11) is 0. The first-order valence-corrected chi connectivity index (χ1v) is 7.49. The summed E-state index contributed by atoms with van der Waals surface area (Å²) >= 11 is 5.83. The number of carbonyl (C=O) groups excluding carboxylic acids is 1. The molecule has 23 heavy (non-hydrogen) atoms. The molecule has 2 rings (SSSR count). The lowest BCUT2D eigenvalue weighted by Gasteiger charge is -2.15. The molecule has 6 heteroatoms. The van der Waals surface area contributed by atoms with E-state index in [1.165, 1.54) is 18.2 Å².